The number of nitrogen functional groups attached to an aromatic ring is 1. The van der Waals surface area contributed by atoms with Crippen LogP contribution in [0.15, 0.2) is 42.5 Å². The van der Waals surface area contributed by atoms with Crippen LogP contribution >= 0.6 is 0 Å². The van der Waals surface area contributed by atoms with E-state index in [-0.39, 0.29) is 0 Å². The molecule has 4 heteroatoms. The lowest BCUT2D eigenvalue weighted by Crippen LogP contribution is -2.12. The van der Waals surface area contributed by atoms with Crippen LogP contribution in [0.4, 0.5) is 5.69 Å². The molecule has 0 fully saturated rings. The average molecular weight is 284 g/mol. The molecule has 110 valence electrons. The van der Waals surface area contributed by atoms with Gasteiger partial charge in [0, 0.05) is 11.8 Å². The highest BCUT2D eigenvalue weighted by Crippen LogP contribution is 2.29. The van der Waals surface area contributed by atoms with Crippen molar-refractivity contribution in [1.82, 2.24) is 0 Å². The molecule has 1 atom stereocenters. The number of nitrogens with two attached hydrogens (primary N) is 2. The van der Waals surface area contributed by atoms with Crippen molar-refractivity contribution in [3.8, 4) is 11.5 Å². The molecule has 0 aliphatic carbocycles. The van der Waals surface area contributed by atoms with Crippen molar-refractivity contribution in [2.45, 2.75) is 26.2 Å². The lowest BCUT2D eigenvalue weighted by atomic mass is 9.99. The standard InChI is InChI=1S/C17H20N2O2/c1-3-11(2)12-4-7-14(8-5-12)21-16-10-13(18)6-9-15(16)17(19)20/h4-11H,3,18H2,1-2H3,(H2,19,20). The van der Waals surface area contributed by atoms with Gasteiger partial charge in [-0.2, -0.15) is 0 Å². The van der Waals surface area contributed by atoms with Crippen molar-refractivity contribution in [2.75, 3.05) is 5.73 Å². The molecule has 1 unspecified atom stereocenters. The van der Waals surface area contributed by atoms with Gasteiger partial charge in [0.25, 0.3) is 5.91 Å². The molecule has 0 radical (unpaired) electrons. The van der Waals surface area contributed by atoms with Gasteiger partial charge in [-0.15, -0.1) is 0 Å². The molecule has 21 heavy (non-hydrogen) atoms. The molecule has 0 saturated heterocycles. The topological polar surface area (TPSA) is 78.3 Å². The fourth-order valence-corrected chi connectivity index (χ4v) is 2.05. The van der Waals surface area contributed by atoms with Crippen LogP contribution in [0.3, 0.4) is 0 Å². The Bertz CT molecular complexity index is 636. The first kappa shape index (κ1) is 14.9. The number of carbonyl (C=O) groups is 1. The third kappa shape index (κ3) is 3.54. The van der Waals surface area contributed by atoms with Crippen molar-refractivity contribution >= 4 is 11.6 Å². The fourth-order valence-electron chi connectivity index (χ4n) is 2.05. The van der Waals surface area contributed by atoms with Crippen LogP contribution in [0.2, 0.25) is 0 Å². The summed E-state index contributed by atoms with van der Waals surface area (Å²) < 4.78 is 5.74. The number of carbonyl (C=O) groups excluding carboxylic acids is 1. The zero-order valence-corrected chi connectivity index (χ0v) is 12.3. The molecular formula is C17H20N2O2. The number of primary amides is 1. The van der Waals surface area contributed by atoms with E-state index in [4.69, 9.17) is 16.2 Å². The van der Waals surface area contributed by atoms with Gasteiger partial charge in [-0.1, -0.05) is 26.0 Å². The molecule has 2 aromatic rings. The van der Waals surface area contributed by atoms with Crippen LogP contribution < -0.4 is 16.2 Å². The minimum absolute atomic E-state index is 0.315. The van der Waals surface area contributed by atoms with E-state index >= 15 is 0 Å². The number of rotatable bonds is 5. The molecule has 0 bridgehead atoms. The normalized spacial score (nSPS) is 11.9. The summed E-state index contributed by atoms with van der Waals surface area (Å²) in [4.78, 5) is 11.4. The zero-order chi connectivity index (χ0) is 15.4. The first-order chi connectivity index (χ1) is 10.0. The Kier molecular flexibility index (Phi) is 4.48. The minimum atomic E-state index is -0.541. The molecule has 0 saturated carbocycles. The predicted molar refractivity (Wildman–Crippen MR) is 84.6 cm³/mol. The van der Waals surface area contributed by atoms with E-state index < -0.39 is 5.91 Å². The Labute approximate surface area is 124 Å². The van der Waals surface area contributed by atoms with Gasteiger partial charge in [0.1, 0.15) is 11.5 Å². The quantitative estimate of drug-likeness (QED) is 0.822. The molecule has 4 nitrogen and oxygen atoms in total. The largest absolute Gasteiger partial charge is 0.456 e. The monoisotopic (exact) mass is 284 g/mol. The van der Waals surface area contributed by atoms with E-state index in [1.54, 1.807) is 18.2 Å². The highest BCUT2D eigenvalue weighted by Gasteiger charge is 2.11. The van der Waals surface area contributed by atoms with E-state index in [2.05, 4.69) is 13.8 Å². The highest BCUT2D eigenvalue weighted by molar-refractivity contribution is 5.96. The van der Waals surface area contributed by atoms with Crippen LogP contribution in [0.25, 0.3) is 0 Å². The van der Waals surface area contributed by atoms with E-state index in [0.717, 1.165) is 6.42 Å². The van der Waals surface area contributed by atoms with E-state index in [0.29, 0.717) is 28.7 Å². The van der Waals surface area contributed by atoms with Crippen molar-refractivity contribution in [2.24, 2.45) is 5.73 Å². The number of ether oxygens (including phenoxy) is 1. The van der Waals surface area contributed by atoms with E-state index in [1.807, 2.05) is 24.3 Å². The van der Waals surface area contributed by atoms with Crippen LogP contribution in [-0.4, -0.2) is 5.91 Å². The molecule has 0 aliphatic rings. The molecule has 1 amide bonds. The molecule has 0 heterocycles. The zero-order valence-electron chi connectivity index (χ0n) is 12.3. The summed E-state index contributed by atoms with van der Waals surface area (Å²) in [5, 5.41) is 0. The Morgan fingerprint density at radius 1 is 1.19 bits per heavy atom. The third-order valence-corrected chi connectivity index (χ3v) is 3.56. The van der Waals surface area contributed by atoms with Gasteiger partial charge in [0.15, 0.2) is 0 Å². The Balaban J connectivity index is 2.26. The van der Waals surface area contributed by atoms with Crippen LogP contribution in [0, 0.1) is 0 Å². The highest BCUT2D eigenvalue weighted by atomic mass is 16.5. The summed E-state index contributed by atoms with van der Waals surface area (Å²) in [7, 11) is 0. The Morgan fingerprint density at radius 2 is 1.86 bits per heavy atom. The maximum absolute atomic E-state index is 11.4. The number of amides is 1. The second-order valence-corrected chi connectivity index (χ2v) is 5.10. The van der Waals surface area contributed by atoms with E-state index in [9.17, 15) is 4.79 Å². The maximum Gasteiger partial charge on any atom is 0.252 e. The maximum atomic E-state index is 11.4. The molecule has 0 aromatic heterocycles. The van der Waals surface area contributed by atoms with Crippen LogP contribution in [0.1, 0.15) is 42.1 Å². The molecule has 0 spiro atoms. The van der Waals surface area contributed by atoms with Gasteiger partial charge in [-0.3, -0.25) is 4.79 Å². The SMILES string of the molecule is CCC(C)c1ccc(Oc2cc(N)ccc2C(N)=O)cc1. The lowest BCUT2D eigenvalue weighted by molar-refractivity contribution is 0.0998. The van der Waals surface area contributed by atoms with Gasteiger partial charge in [0.05, 0.1) is 5.56 Å². The Morgan fingerprint density at radius 3 is 2.43 bits per heavy atom. The first-order valence-electron chi connectivity index (χ1n) is 6.98. The second-order valence-electron chi connectivity index (χ2n) is 5.10. The number of hydrogen-bond donors (Lipinski definition) is 2. The summed E-state index contributed by atoms with van der Waals surface area (Å²) in [6.07, 6.45) is 1.08. The summed E-state index contributed by atoms with van der Waals surface area (Å²) >= 11 is 0. The van der Waals surface area contributed by atoms with Crippen LogP contribution in [-0.2, 0) is 0 Å². The van der Waals surface area contributed by atoms with Gasteiger partial charge >= 0.3 is 0 Å². The minimum Gasteiger partial charge on any atom is -0.456 e. The fraction of sp³-hybridized carbons (Fsp3) is 0.235. The van der Waals surface area contributed by atoms with E-state index in [1.165, 1.54) is 5.56 Å². The number of anilines is 1. The third-order valence-electron chi connectivity index (χ3n) is 3.56. The predicted octanol–water partition coefficient (Wildman–Crippen LogP) is 3.67. The second kappa shape index (κ2) is 6.31. The van der Waals surface area contributed by atoms with Crippen molar-refractivity contribution < 1.29 is 9.53 Å². The molecule has 2 rings (SSSR count). The summed E-state index contributed by atoms with van der Waals surface area (Å²) in [5.41, 5.74) is 13.2. The Hall–Kier alpha value is -2.49. The number of hydrogen-bond acceptors (Lipinski definition) is 3. The first-order valence-corrected chi connectivity index (χ1v) is 6.98. The summed E-state index contributed by atoms with van der Waals surface area (Å²) in [5.74, 6) is 0.989. The van der Waals surface area contributed by atoms with Gasteiger partial charge < -0.3 is 16.2 Å². The summed E-state index contributed by atoms with van der Waals surface area (Å²) in [6.45, 7) is 4.33. The lowest BCUT2D eigenvalue weighted by Gasteiger charge is -2.12. The van der Waals surface area contributed by atoms with Gasteiger partial charge in [0.2, 0.25) is 0 Å². The molecule has 2 aromatic carbocycles. The van der Waals surface area contributed by atoms with Crippen LogP contribution in [0.5, 0.6) is 11.5 Å². The molecular weight excluding hydrogens is 264 g/mol. The smallest absolute Gasteiger partial charge is 0.252 e. The van der Waals surface area contributed by atoms with Crippen molar-refractivity contribution in [3.05, 3.63) is 53.6 Å². The van der Waals surface area contributed by atoms with Crippen molar-refractivity contribution in [1.29, 1.82) is 0 Å². The average Bonchev–Trinajstić information content (AvgIpc) is 2.47. The van der Waals surface area contributed by atoms with Gasteiger partial charge in [-0.05, 0) is 42.2 Å². The number of benzene rings is 2. The van der Waals surface area contributed by atoms with Crippen molar-refractivity contribution in [3.63, 3.8) is 0 Å². The molecule has 4 N–H and O–H groups in total. The molecule has 0 aliphatic heterocycles. The van der Waals surface area contributed by atoms with Gasteiger partial charge in [-0.25, -0.2) is 0 Å². The summed E-state index contributed by atoms with van der Waals surface area (Å²) in [6, 6.07) is 12.6.